The van der Waals surface area contributed by atoms with Gasteiger partial charge in [-0.05, 0) is 36.8 Å². The van der Waals surface area contributed by atoms with Crippen LogP contribution in [0.25, 0.3) is 11.0 Å². The Morgan fingerprint density at radius 3 is 2.69 bits per heavy atom. The molecular weight excluding hydrogens is 354 g/mol. The van der Waals surface area contributed by atoms with Gasteiger partial charge in [0, 0.05) is 24.0 Å². The van der Waals surface area contributed by atoms with Gasteiger partial charge in [0.05, 0.1) is 35.3 Å². The monoisotopic (exact) mass is 371 g/mol. The maximum atomic E-state index is 13.2. The van der Waals surface area contributed by atoms with Crippen LogP contribution in [0.2, 0.25) is 0 Å². The number of benzene rings is 1. The summed E-state index contributed by atoms with van der Waals surface area (Å²) in [5, 5.41) is 0. The van der Waals surface area contributed by atoms with Crippen molar-refractivity contribution in [1.29, 1.82) is 0 Å². The number of carbonyl (C=O) groups excluding carboxylic acids is 1. The molecule has 1 fully saturated rings. The SMILES string of the molecule is O=C(c1ccc2nccnc2c1)N(Cc1ccco1)[C@H]1CCS(=O)(=O)C1. The molecule has 0 spiro atoms. The first-order chi connectivity index (χ1) is 12.5. The van der Waals surface area contributed by atoms with Crippen molar-refractivity contribution in [2.45, 2.75) is 19.0 Å². The molecule has 26 heavy (non-hydrogen) atoms. The Bertz CT molecular complexity index is 1050. The number of amides is 1. The van der Waals surface area contributed by atoms with Crippen LogP contribution in [-0.4, -0.2) is 46.7 Å². The molecule has 0 saturated carbocycles. The Labute approximate surface area is 150 Å². The van der Waals surface area contributed by atoms with Crippen molar-refractivity contribution in [2.75, 3.05) is 11.5 Å². The van der Waals surface area contributed by atoms with Crippen LogP contribution in [0.15, 0.2) is 53.4 Å². The number of furan rings is 1. The van der Waals surface area contributed by atoms with Crippen LogP contribution in [0.3, 0.4) is 0 Å². The number of fused-ring (bicyclic) bond motifs is 1. The molecule has 3 aromatic rings. The molecule has 1 saturated heterocycles. The lowest BCUT2D eigenvalue weighted by atomic mass is 10.1. The van der Waals surface area contributed by atoms with E-state index in [4.69, 9.17) is 4.42 Å². The fraction of sp³-hybridized carbons (Fsp3) is 0.278. The minimum absolute atomic E-state index is 0.0210. The second-order valence-electron chi connectivity index (χ2n) is 6.33. The molecule has 2 aromatic heterocycles. The normalized spacial score (nSPS) is 18.8. The zero-order valence-electron chi connectivity index (χ0n) is 13.9. The summed E-state index contributed by atoms with van der Waals surface area (Å²) >= 11 is 0. The molecule has 8 heteroatoms. The summed E-state index contributed by atoms with van der Waals surface area (Å²) in [6.45, 7) is 0.227. The molecular formula is C18H17N3O4S. The zero-order chi connectivity index (χ0) is 18.1. The highest BCUT2D eigenvalue weighted by Gasteiger charge is 2.35. The highest BCUT2D eigenvalue weighted by atomic mass is 32.2. The van der Waals surface area contributed by atoms with Gasteiger partial charge in [-0.25, -0.2) is 8.42 Å². The van der Waals surface area contributed by atoms with Gasteiger partial charge >= 0.3 is 0 Å². The molecule has 0 bridgehead atoms. The van der Waals surface area contributed by atoms with E-state index in [-0.39, 0.29) is 30.0 Å². The fourth-order valence-electron chi connectivity index (χ4n) is 3.22. The average Bonchev–Trinajstić information content (AvgIpc) is 3.27. The number of hydrogen-bond donors (Lipinski definition) is 0. The van der Waals surface area contributed by atoms with E-state index in [9.17, 15) is 13.2 Å². The lowest BCUT2D eigenvalue weighted by Crippen LogP contribution is -2.40. The predicted octanol–water partition coefficient (Wildman–Crippen LogP) is 2.05. The van der Waals surface area contributed by atoms with E-state index >= 15 is 0 Å². The molecule has 7 nitrogen and oxygen atoms in total. The quantitative estimate of drug-likeness (QED) is 0.697. The fourth-order valence-corrected chi connectivity index (χ4v) is 4.95. The van der Waals surface area contributed by atoms with Crippen LogP contribution in [-0.2, 0) is 16.4 Å². The smallest absolute Gasteiger partial charge is 0.254 e. The number of aromatic nitrogens is 2. The summed E-state index contributed by atoms with van der Waals surface area (Å²) in [7, 11) is -3.12. The summed E-state index contributed by atoms with van der Waals surface area (Å²) in [5.41, 5.74) is 1.77. The van der Waals surface area contributed by atoms with Crippen molar-refractivity contribution in [3.8, 4) is 0 Å². The lowest BCUT2D eigenvalue weighted by molar-refractivity contribution is 0.0666. The zero-order valence-corrected chi connectivity index (χ0v) is 14.7. The number of rotatable bonds is 4. The van der Waals surface area contributed by atoms with Crippen LogP contribution in [0.5, 0.6) is 0 Å². The summed E-state index contributed by atoms with van der Waals surface area (Å²) in [6, 6.07) is 8.27. The first kappa shape index (κ1) is 16.7. The van der Waals surface area contributed by atoms with Crippen LogP contribution in [0.4, 0.5) is 0 Å². The van der Waals surface area contributed by atoms with Gasteiger partial charge < -0.3 is 9.32 Å². The molecule has 4 rings (SSSR count). The van der Waals surface area contributed by atoms with Gasteiger partial charge in [-0.2, -0.15) is 0 Å². The van der Waals surface area contributed by atoms with Crippen molar-refractivity contribution < 1.29 is 17.6 Å². The minimum atomic E-state index is -3.12. The molecule has 0 radical (unpaired) electrons. The Hall–Kier alpha value is -2.74. The van der Waals surface area contributed by atoms with Crippen molar-refractivity contribution >= 4 is 26.8 Å². The maximum absolute atomic E-state index is 13.2. The van der Waals surface area contributed by atoms with E-state index in [1.165, 1.54) is 6.26 Å². The van der Waals surface area contributed by atoms with Crippen molar-refractivity contribution in [3.05, 3.63) is 60.3 Å². The molecule has 0 unspecified atom stereocenters. The average molecular weight is 371 g/mol. The Morgan fingerprint density at radius 1 is 1.19 bits per heavy atom. The third-order valence-electron chi connectivity index (χ3n) is 4.53. The van der Waals surface area contributed by atoms with Crippen LogP contribution >= 0.6 is 0 Å². The molecule has 1 aliphatic heterocycles. The predicted molar refractivity (Wildman–Crippen MR) is 95.2 cm³/mol. The largest absolute Gasteiger partial charge is 0.467 e. The van der Waals surface area contributed by atoms with Crippen molar-refractivity contribution in [1.82, 2.24) is 14.9 Å². The number of nitrogens with zero attached hydrogens (tertiary/aromatic N) is 3. The lowest BCUT2D eigenvalue weighted by Gasteiger charge is -2.27. The first-order valence-electron chi connectivity index (χ1n) is 8.26. The topological polar surface area (TPSA) is 93.4 Å². The first-order valence-corrected chi connectivity index (χ1v) is 10.1. The van der Waals surface area contributed by atoms with Gasteiger partial charge in [-0.3, -0.25) is 14.8 Å². The van der Waals surface area contributed by atoms with E-state index in [0.717, 1.165) is 0 Å². The van der Waals surface area contributed by atoms with Gasteiger partial charge in [-0.1, -0.05) is 0 Å². The summed E-state index contributed by atoms with van der Waals surface area (Å²) in [6.07, 6.45) is 5.13. The van der Waals surface area contributed by atoms with E-state index < -0.39 is 9.84 Å². The Morgan fingerprint density at radius 2 is 2.00 bits per heavy atom. The van der Waals surface area contributed by atoms with Crippen LogP contribution in [0, 0.1) is 0 Å². The summed E-state index contributed by atoms with van der Waals surface area (Å²) < 4.78 is 29.2. The van der Waals surface area contributed by atoms with Gasteiger partial charge in [0.15, 0.2) is 9.84 Å². The Balaban J connectivity index is 1.68. The maximum Gasteiger partial charge on any atom is 0.254 e. The van der Waals surface area contributed by atoms with Crippen LogP contribution < -0.4 is 0 Å². The third-order valence-corrected chi connectivity index (χ3v) is 6.28. The molecule has 1 atom stereocenters. The minimum Gasteiger partial charge on any atom is -0.467 e. The van der Waals surface area contributed by atoms with E-state index in [0.29, 0.717) is 28.8 Å². The van der Waals surface area contributed by atoms with Gasteiger partial charge in [0.2, 0.25) is 0 Å². The number of sulfone groups is 1. The second-order valence-corrected chi connectivity index (χ2v) is 8.56. The number of hydrogen-bond acceptors (Lipinski definition) is 6. The molecule has 1 aliphatic rings. The van der Waals surface area contributed by atoms with Crippen molar-refractivity contribution in [2.24, 2.45) is 0 Å². The standard InChI is InChI=1S/C18H17N3O4S/c22-18(13-3-4-16-17(10-13)20-7-6-19-16)21(11-15-2-1-8-25-15)14-5-9-26(23,24)12-14/h1-4,6-8,10,14H,5,9,11-12H2/t14-/m0/s1. The van der Waals surface area contributed by atoms with Crippen LogP contribution in [0.1, 0.15) is 22.5 Å². The molecule has 0 N–H and O–H groups in total. The number of carbonyl (C=O) groups is 1. The molecule has 3 heterocycles. The van der Waals surface area contributed by atoms with Crippen molar-refractivity contribution in [3.63, 3.8) is 0 Å². The molecule has 1 amide bonds. The third kappa shape index (κ3) is 3.32. The second kappa shape index (κ2) is 6.53. The summed E-state index contributed by atoms with van der Waals surface area (Å²) in [4.78, 5) is 23.2. The van der Waals surface area contributed by atoms with E-state index in [1.54, 1.807) is 47.6 Å². The van der Waals surface area contributed by atoms with E-state index in [2.05, 4.69) is 9.97 Å². The Kier molecular flexibility index (Phi) is 4.20. The molecule has 1 aromatic carbocycles. The van der Waals surface area contributed by atoms with E-state index in [1.807, 2.05) is 0 Å². The van der Waals surface area contributed by atoms with Gasteiger partial charge in [0.1, 0.15) is 5.76 Å². The highest BCUT2D eigenvalue weighted by Crippen LogP contribution is 2.23. The van der Waals surface area contributed by atoms with Gasteiger partial charge in [-0.15, -0.1) is 0 Å². The summed E-state index contributed by atoms with van der Waals surface area (Å²) in [5.74, 6) is 0.453. The highest BCUT2D eigenvalue weighted by molar-refractivity contribution is 7.91. The molecule has 0 aliphatic carbocycles. The molecule has 134 valence electrons. The van der Waals surface area contributed by atoms with Gasteiger partial charge in [0.25, 0.3) is 5.91 Å².